The van der Waals surface area contributed by atoms with Crippen LogP contribution in [0.1, 0.15) is 6.42 Å². The molecule has 28 heavy (non-hydrogen) atoms. The first-order valence-corrected chi connectivity index (χ1v) is 9.10. The quantitative estimate of drug-likeness (QED) is 0.838. The fraction of sp³-hybridized carbons (Fsp3) is 0.556. The number of morpholine rings is 1. The molecular weight excluding hydrogens is 377 g/mol. The monoisotopic (exact) mass is 398 g/mol. The number of anilines is 1. The molecule has 7 nitrogen and oxygen atoms in total. The highest BCUT2D eigenvalue weighted by atomic mass is 19.4. The van der Waals surface area contributed by atoms with Crippen molar-refractivity contribution in [2.45, 2.75) is 18.3 Å². The molecule has 3 heterocycles. The van der Waals surface area contributed by atoms with Crippen LogP contribution in [0.4, 0.5) is 18.9 Å². The number of carbonyl (C=O) groups excluding carboxylic acids is 1. The molecule has 152 valence electrons. The summed E-state index contributed by atoms with van der Waals surface area (Å²) >= 11 is 0. The highest BCUT2D eigenvalue weighted by Gasteiger charge is 2.66. The van der Waals surface area contributed by atoms with Gasteiger partial charge in [0.05, 0.1) is 31.9 Å². The number of nitrogens with zero attached hydrogens (tertiary/aromatic N) is 3. The first-order chi connectivity index (χ1) is 13.4. The molecule has 0 radical (unpaired) electrons. The van der Waals surface area contributed by atoms with Gasteiger partial charge in [-0.15, -0.1) is 0 Å². The van der Waals surface area contributed by atoms with Gasteiger partial charge in [0.15, 0.2) is 0 Å². The van der Waals surface area contributed by atoms with Crippen LogP contribution in [0.3, 0.4) is 0 Å². The van der Waals surface area contributed by atoms with Crippen LogP contribution in [-0.4, -0.2) is 68.3 Å². The lowest BCUT2D eigenvalue weighted by molar-refractivity contribution is -0.143. The molecule has 2 atom stereocenters. The second-order valence-electron chi connectivity index (χ2n) is 6.92. The van der Waals surface area contributed by atoms with E-state index in [1.54, 1.807) is 29.2 Å². The zero-order valence-corrected chi connectivity index (χ0v) is 15.3. The Kier molecular flexibility index (Phi) is 4.70. The largest absolute Gasteiger partial charge is 0.497 e. The van der Waals surface area contributed by atoms with Crippen LogP contribution in [0.25, 0.3) is 0 Å². The summed E-state index contributed by atoms with van der Waals surface area (Å²) in [6.07, 6.45) is -4.46. The van der Waals surface area contributed by atoms with Gasteiger partial charge in [-0.1, -0.05) is 0 Å². The third-order valence-corrected chi connectivity index (χ3v) is 5.50. The molecule has 0 aromatic heterocycles. The van der Waals surface area contributed by atoms with E-state index in [1.165, 1.54) is 12.1 Å². The van der Waals surface area contributed by atoms with Crippen molar-refractivity contribution in [3.63, 3.8) is 0 Å². The number of carbonyl (C=O) groups is 1. The number of hydrogen-bond acceptors (Lipinski definition) is 6. The maximum absolute atomic E-state index is 13.9. The van der Waals surface area contributed by atoms with Crippen molar-refractivity contribution in [1.29, 1.82) is 0 Å². The molecular formula is C18H21F3N4O3. The number of hydrogen-bond donors (Lipinski definition) is 1. The molecule has 0 aliphatic carbocycles. The zero-order chi connectivity index (χ0) is 19.9. The number of fused-ring (bicyclic) bond motifs is 1. The van der Waals surface area contributed by atoms with Crippen molar-refractivity contribution < 1.29 is 27.4 Å². The topological polar surface area (TPSA) is 66.4 Å². The van der Waals surface area contributed by atoms with Gasteiger partial charge in [0.1, 0.15) is 11.5 Å². The minimum atomic E-state index is -4.62. The van der Waals surface area contributed by atoms with Crippen molar-refractivity contribution in [2.24, 2.45) is 11.0 Å². The summed E-state index contributed by atoms with van der Waals surface area (Å²) in [5.41, 5.74) is -2.08. The third kappa shape index (κ3) is 2.82. The highest BCUT2D eigenvalue weighted by Crippen LogP contribution is 2.47. The highest BCUT2D eigenvalue weighted by molar-refractivity contribution is 6.05. The molecule has 3 aliphatic heterocycles. The Balaban J connectivity index is 1.87. The predicted octanol–water partition coefficient (Wildman–Crippen LogP) is 1.60. The van der Waals surface area contributed by atoms with E-state index in [4.69, 9.17) is 9.47 Å². The molecule has 2 unspecified atom stereocenters. The molecule has 1 aromatic carbocycles. The Bertz CT molecular complexity index is 777. The van der Waals surface area contributed by atoms with Crippen LogP contribution in [-0.2, 0) is 9.53 Å². The summed E-state index contributed by atoms with van der Waals surface area (Å²) in [5.74, 6) is -0.987. The van der Waals surface area contributed by atoms with Gasteiger partial charge in [0, 0.05) is 19.6 Å². The van der Waals surface area contributed by atoms with Crippen LogP contribution < -0.4 is 15.1 Å². The van der Waals surface area contributed by atoms with E-state index < -0.39 is 29.4 Å². The number of piperidine rings is 1. The van der Waals surface area contributed by atoms with Crippen molar-refractivity contribution >= 4 is 17.3 Å². The van der Waals surface area contributed by atoms with Gasteiger partial charge in [0.2, 0.25) is 5.66 Å². The Morgan fingerprint density at radius 1 is 1.25 bits per heavy atom. The van der Waals surface area contributed by atoms with Gasteiger partial charge in [-0.25, -0.2) is 5.01 Å². The van der Waals surface area contributed by atoms with E-state index in [2.05, 4.69) is 10.4 Å². The summed E-state index contributed by atoms with van der Waals surface area (Å²) in [7, 11) is 1.50. The average molecular weight is 398 g/mol. The Labute approximate surface area is 160 Å². The summed E-state index contributed by atoms with van der Waals surface area (Å²) in [6, 6.07) is 6.50. The molecule has 0 bridgehead atoms. The first kappa shape index (κ1) is 19.0. The number of halogens is 3. The zero-order valence-electron chi connectivity index (χ0n) is 15.3. The van der Waals surface area contributed by atoms with Crippen LogP contribution in [0, 0.1) is 5.92 Å². The second kappa shape index (κ2) is 6.93. The minimum Gasteiger partial charge on any atom is -0.497 e. The van der Waals surface area contributed by atoms with Crippen molar-refractivity contribution in [3.8, 4) is 5.75 Å². The molecule has 1 aromatic rings. The average Bonchev–Trinajstić information content (AvgIpc) is 3.07. The van der Waals surface area contributed by atoms with E-state index in [0.29, 0.717) is 37.7 Å². The van der Waals surface area contributed by atoms with Crippen LogP contribution >= 0.6 is 0 Å². The number of rotatable bonds is 3. The molecule has 0 saturated carbocycles. The fourth-order valence-electron chi connectivity index (χ4n) is 4.28. The van der Waals surface area contributed by atoms with Gasteiger partial charge >= 0.3 is 6.18 Å². The lowest BCUT2D eigenvalue weighted by Gasteiger charge is -2.50. The lowest BCUT2D eigenvalue weighted by Crippen LogP contribution is -2.73. The number of methoxy groups -OCH3 is 1. The fourth-order valence-corrected chi connectivity index (χ4v) is 4.28. The smallest absolute Gasteiger partial charge is 0.431 e. The number of nitrogens with one attached hydrogen (secondary N) is 1. The summed E-state index contributed by atoms with van der Waals surface area (Å²) < 4.78 is 52.1. The number of benzene rings is 1. The predicted molar refractivity (Wildman–Crippen MR) is 95.2 cm³/mol. The van der Waals surface area contributed by atoms with E-state index in [0.717, 1.165) is 0 Å². The maximum atomic E-state index is 13.9. The van der Waals surface area contributed by atoms with E-state index in [1.807, 2.05) is 0 Å². The van der Waals surface area contributed by atoms with E-state index in [9.17, 15) is 18.0 Å². The molecule has 0 spiro atoms. The summed E-state index contributed by atoms with van der Waals surface area (Å²) in [6.45, 7) is 1.56. The van der Waals surface area contributed by atoms with Crippen molar-refractivity contribution in [2.75, 3.05) is 45.0 Å². The minimum absolute atomic E-state index is 0.161. The van der Waals surface area contributed by atoms with Gasteiger partial charge in [-0.2, -0.15) is 18.3 Å². The summed E-state index contributed by atoms with van der Waals surface area (Å²) in [4.78, 5) is 14.9. The molecule has 2 saturated heterocycles. The van der Waals surface area contributed by atoms with Crippen molar-refractivity contribution in [1.82, 2.24) is 10.2 Å². The number of hydrazone groups is 1. The summed E-state index contributed by atoms with van der Waals surface area (Å²) in [5, 5.41) is 7.96. The molecule has 1 N–H and O–H groups in total. The molecule has 4 rings (SSSR count). The van der Waals surface area contributed by atoms with Gasteiger partial charge in [-0.05, 0) is 30.7 Å². The van der Waals surface area contributed by atoms with Crippen LogP contribution in [0.15, 0.2) is 29.4 Å². The van der Waals surface area contributed by atoms with Gasteiger partial charge in [0.25, 0.3) is 5.91 Å². The van der Waals surface area contributed by atoms with Crippen LogP contribution in [0.5, 0.6) is 5.75 Å². The van der Waals surface area contributed by atoms with Crippen LogP contribution in [0.2, 0.25) is 0 Å². The standard InChI is InChI=1S/C18H21F3N4O3/c1-27-13-4-2-12(3-5-13)25-17(24-8-10-28-11-9-24)14(6-7-22-16(17)26)15(23-25)18(19,20)21/h2-5,14H,6-11H2,1H3,(H,22,26). The Morgan fingerprint density at radius 3 is 2.54 bits per heavy atom. The normalized spacial score (nSPS) is 28.6. The lowest BCUT2D eigenvalue weighted by atomic mass is 9.80. The van der Waals surface area contributed by atoms with Crippen molar-refractivity contribution in [3.05, 3.63) is 24.3 Å². The molecule has 2 fully saturated rings. The van der Waals surface area contributed by atoms with E-state index in [-0.39, 0.29) is 13.0 Å². The maximum Gasteiger partial charge on any atom is 0.431 e. The third-order valence-electron chi connectivity index (χ3n) is 5.50. The van der Waals surface area contributed by atoms with Gasteiger partial charge in [-0.3, -0.25) is 9.69 Å². The molecule has 1 amide bonds. The Morgan fingerprint density at radius 2 is 1.93 bits per heavy atom. The number of ether oxygens (including phenoxy) is 2. The van der Waals surface area contributed by atoms with E-state index >= 15 is 0 Å². The molecule has 3 aliphatic rings. The second-order valence-corrected chi connectivity index (χ2v) is 6.92. The van der Waals surface area contributed by atoms with Gasteiger partial charge < -0.3 is 14.8 Å². The Hall–Kier alpha value is -2.33. The molecule has 10 heteroatoms. The number of amides is 1. The number of alkyl halides is 3. The SMILES string of the molecule is COc1ccc(N2N=C(C(F)(F)F)C3CCNC(=O)C32N2CCOCC2)cc1. The first-order valence-electron chi connectivity index (χ1n) is 9.10.